The molecule has 0 fully saturated rings. The lowest BCUT2D eigenvalue weighted by Gasteiger charge is -2.22. The number of carbonyl (C=O) groups is 1. The summed E-state index contributed by atoms with van der Waals surface area (Å²) < 4.78 is 6.39. The van der Waals surface area contributed by atoms with Crippen LogP contribution in [-0.4, -0.2) is 24.2 Å². The number of nitrogens with one attached hydrogen (secondary N) is 1. The lowest BCUT2D eigenvalue weighted by Crippen LogP contribution is -2.33. The number of benzene rings is 2. The zero-order valence-electron chi connectivity index (χ0n) is 17.7. The van der Waals surface area contributed by atoms with Gasteiger partial charge in [0, 0.05) is 34.2 Å². The Hall–Kier alpha value is -2.79. The van der Waals surface area contributed by atoms with Crippen molar-refractivity contribution in [3.05, 3.63) is 75.7 Å². The lowest BCUT2D eigenvalue weighted by molar-refractivity contribution is -0.146. The van der Waals surface area contributed by atoms with Gasteiger partial charge in [0.15, 0.2) is 0 Å². The van der Waals surface area contributed by atoms with Crippen molar-refractivity contribution in [1.29, 1.82) is 0 Å². The Bertz CT molecular complexity index is 1090. The molecule has 6 heteroatoms. The van der Waals surface area contributed by atoms with E-state index in [0.717, 1.165) is 16.1 Å². The van der Waals surface area contributed by atoms with E-state index in [1.165, 1.54) is 17.2 Å². The lowest BCUT2D eigenvalue weighted by atomic mass is 10.0. The number of hydrogen-bond donors (Lipinski definition) is 1. The third-order valence-corrected chi connectivity index (χ3v) is 5.64. The predicted octanol–water partition coefficient (Wildman–Crippen LogP) is 5.24. The van der Waals surface area contributed by atoms with Crippen LogP contribution < -0.4 is 10.9 Å². The van der Waals surface area contributed by atoms with Crippen molar-refractivity contribution in [3.8, 4) is 0 Å². The number of aromatic nitrogens is 1. The summed E-state index contributed by atoms with van der Waals surface area (Å²) in [6.45, 7) is 6.64. The number of rotatable bonds is 7. The van der Waals surface area contributed by atoms with Gasteiger partial charge >= 0.3 is 5.97 Å². The first-order valence-electron chi connectivity index (χ1n) is 10.0. The van der Waals surface area contributed by atoms with Crippen LogP contribution in [0.3, 0.4) is 0 Å². The number of halogens is 1. The molecule has 3 rings (SSSR count). The largest absolute Gasteiger partial charge is 0.467 e. The van der Waals surface area contributed by atoms with Crippen LogP contribution in [0, 0.1) is 5.92 Å². The zero-order chi connectivity index (χ0) is 21.8. The molecule has 1 aromatic heterocycles. The van der Waals surface area contributed by atoms with Gasteiger partial charge < -0.3 is 14.6 Å². The Morgan fingerprint density at radius 3 is 2.40 bits per heavy atom. The van der Waals surface area contributed by atoms with Crippen LogP contribution >= 0.6 is 11.6 Å². The molecule has 3 aromatic rings. The van der Waals surface area contributed by atoms with E-state index in [0.29, 0.717) is 11.9 Å². The standard InChI is InChI=1S/C24H27ClN2O3/c1-15(2)22(24(29)30-4)27-13-12-19-20(23(27)28)6-5-7-21(19)26-14-16(3)17-8-10-18(25)11-9-17/h5-13,15-16,22,26H,14H2,1-4H3/t16-,22?/m1/s1. The smallest absolute Gasteiger partial charge is 0.329 e. The average Bonchev–Trinajstić information content (AvgIpc) is 2.74. The topological polar surface area (TPSA) is 60.3 Å². The molecule has 1 N–H and O–H groups in total. The quantitative estimate of drug-likeness (QED) is 0.525. The number of ether oxygens (including phenoxy) is 1. The first kappa shape index (κ1) is 21.9. The molecule has 30 heavy (non-hydrogen) atoms. The normalized spacial score (nSPS) is 13.3. The number of anilines is 1. The molecular formula is C24H27ClN2O3. The number of hydrogen-bond acceptors (Lipinski definition) is 4. The van der Waals surface area contributed by atoms with E-state index in [1.807, 2.05) is 56.3 Å². The molecule has 0 amide bonds. The molecule has 0 bridgehead atoms. The van der Waals surface area contributed by atoms with Crippen LogP contribution in [-0.2, 0) is 9.53 Å². The summed E-state index contributed by atoms with van der Waals surface area (Å²) in [6.07, 6.45) is 1.68. The van der Waals surface area contributed by atoms with Gasteiger partial charge in [-0.05, 0) is 47.7 Å². The summed E-state index contributed by atoms with van der Waals surface area (Å²) in [5.41, 5.74) is 1.87. The molecular weight excluding hydrogens is 400 g/mol. The summed E-state index contributed by atoms with van der Waals surface area (Å²) in [4.78, 5) is 25.4. The maximum Gasteiger partial charge on any atom is 0.329 e. The molecule has 0 spiro atoms. The van der Waals surface area contributed by atoms with Crippen molar-refractivity contribution in [2.24, 2.45) is 5.92 Å². The third-order valence-electron chi connectivity index (χ3n) is 5.38. The van der Waals surface area contributed by atoms with Gasteiger partial charge in [-0.15, -0.1) is 0 Å². The van der Waals surface area contributed by atoms with E-state index >= 15 is 0 Å². The number of nitrogens with zero attached hydrogens (tertiary/aromatic N) is 1. The fraction of sp³-hybridized carbons (Fsp3) is 0.333. The van der Waals surface area contributed by atoms with Gasteiger partial charge in [-0.3, -0.25) is 4.79 Å². The van der Waals surface area contributed by atoms with Gasteiger partial charge in [0.05, 0.1) is 7.11 Å². The number of methoxy groups -OCH3 is 1. The Balaban J connectivity index is 1.91. The Morgan fingerprint density at radius 2 is 1.77 bits per heavy atom. The maximum atomic E-state index is 13.2. The van der Waals surface area contributed by atoms with Gasteiger partial charge in [-0.1, -0.05) is 50.6 Å². The van der Waals surface area contributed by atoms with Crippen LogP contribution in [0.25, 0.3) is 10.8 Å². The highest BCUT2D eigenvalue weighted by Gasteiger charge is 2.26. The van der Waals surface area contributed by atoms with Crippen LogP contribution in [0.5, 0.6) is 0 Å². The van der Waals surface area contributed by atoms with E-state index in [9.17, 15) is 9.59 Å². The van der Waals surface area contributed by atoms with Gasteiger partial charge in [-0.25, -0.2) is 4.79 Å². The minimum absolute atomic E-state index is 0.0749. The second-order valence-electron chi connectivity index (χ2n) is 7.84. The maximum absolute atomic E-state index is 13.2. The number of pyridine rings is 1. The van der Waals surface area contributed by atoms with Crippen LogP contribution in [0.2, 0.25) is 5.02 Å². The Kier molecular flexibility index (Phi) is 6.83. The summed E-state index contributed by atoms with van der Waals surface area (Å²) in [5, 5.41) is 5.57. The van der Waals surface area contributed by atoms with E-state index in [-0.39, 0.29) is 17.4 Å². The molecule has 2 aromatic carbocycles. The van der Waals surface area contributed by atoms with Crippen molar-refractivity contribution in [2.75, 3.05) is 19.0 Å². The molecule has 0 saturated heterocycles. The highest BCUT2D eigenvalue weighted by atomic mass is 35.5. The van der Waals surface area contributed by atoms with E-state index in [4.69, 9.17) is 16.3 Å². The molecule has 2 atom stereocenters. The SMILES string of the molecule is COC(=O)C(C(C)C)n1ccc2c(NC[C@@H](C)c3ccc(Cl)cc3)cccc2c1=O. The van der Waals surface area contributed by atoms with E-state index < -0.39 is 12.0 Å². The Morgan fingerprint density at radius 1 is 1.07 bits per heavy atom. The van der Waals surface area contributed by atoms with Crippen molar-refractivity contribution in [3.63, 3.8) is 0 Å². The first-order chi connectivity index (χ1) is 14.3. The van der Waals surface area contributed by atoms with Crippen molar-refractivity contribution >= 4 is 34.0 Å². The molecule has 158 valence electrons. The zero-order valence-corrected chi connectivity index (χ0v) is 18.4. The molecule has 1 unspecified atom stereocenters. The number of esters is 1. The molecule has 0 aliphatic heterocycles. The van der Waals surface area contributed by atoms with Crippen LogP contribution in [0.4, 0.5) is 5.69 Å². The second kappa shape index (κ2) is 9.35. The molecule has 5 nitrogen and oxygen atoms in total. The fourth-order valence-electron chi connectivity index (χ4n) is 3.67. The molecule has 0 aliphatic carbocycles. The van der Waals surface area contributed by atoms with Gasteiger partial charge in [0.25, 0.3) is 5.56 Å². The van der Waals surface area contributed by atoms with Crippen LogP contribution in [0.1, 0.15) is 38.3 Å². The highest BCUT2D eigenvalue weighted by molar-refractivity contribution is 6.30. The first-order valence-corrected chi connectivity index (χ1v) is 10.4. The van der Waals surface area contributed by atoms with Crippen molar-refractivity contribution in [1.82, 2.24) is 4.57 Å². The number of carbonyl (C=O) groups excluding carboxylic acids is 1. The Labute approximate surface area is 181 Å². The fourth-order valence-corrected chi connectivity index (χ4v) is 3.79. The molecule has 0 radical (unpaired) electrons. The van der Waals surface area contributed by atoms with Crippen LogP contribution in [0.15, 0.2) is 59.5 Å². The molecule has 1 heterocycles. The number of fused-ring (bicyclic) bond motifs is 1. The monoisotopic (exact) mass is 426 g/mol. The molecule has 0 aliphatic rings. The summed E-state index contributed by atoms with van der Waals surface area (Å²) in [7, 11) is 1.34. The van der Waals surface area contributed by atoms with E-state index in [1.54, 1.807) is 12.3 Å². The molecule has 0 saturated carbocycles. The summed E-state index contributed by atoms with van der Waals surface area (Å²) in [6, 6.07) is 14.6. The minimum Gasteiger partial charge on any atom is -0.467 e. The summed E-state index contributed by atoms with van der Waals surface area (Å²) >= 11 is 5.98. The van der Waals surface area contributed by atoms with E-state index in [2.05, 4.69) is 12.2 Å². The second-order valence-corrected chi connectivity index (χ2v) is 8.28. The average molecular weight is 427 g/mol. The minimum atomic E-state index is -0.659. The predicted molar refractivity (Wildman–Crippen MR) is 122 cm³/mol. The van der Waals surface area contributed by atoms with Crippen molar-refractivity contribution in [2.45, 2.75) is 32.7 Å². The van der Waals surface area contributed by atoms with Gasteiger partial charge in [0.2, 0.25) is 0 Å². The van der Waals surface area contributed by atoms with Gasteiger partial charge in [0.1, 0.15) is 6.04 Å². The van der Waals surface area contributed by atoms with Crippen molar-refractivity contribution < 1.29 is 9.53 Å². The third kappa shape index (κ3) is 4.51. The van der Waals surface area contributed by atoms with Gasteiger partial charge in [-0.2, -0.15) is 0 Å². The highest BCUT2D eigenvalue weighted by Crippen LogP contribution is 2.25. The summed E-state index contributed by atoms with van der Waals surface area (Å²) in [5.74, 6) is -0.228.